The van der Waals surface area contributed by atoms with Gasteiger partial charge in [0.15, 0.2) is 0 Å². The fraction of sp³-hybridized carbons (Fsp3) is 0.714. The average molecular weight is 243 g/mol. The molecule has 1 atom stereocenters. The third-order valence-electron chi connectivity index (χ3n) is 3.90. The fourth-order valence-corrected chi connectivity index (χ4v) is 2.86. The summed E-state index contributed by atoms with van der Waals surface area (Å²) in [5.74, 6) is 0.144. The smallest absolute Gasteiger partial charge is 0.142 e. The predicted octanol–water partition coefficient (Wildman–Crippen LogP) is 2.86. The second-order valence-corrected chi connectivity index (χ2v) is 4.89. The van der Waals surface area contributed by atoms with E-state index in [1.54, 1.807) is 0 Å². The van der Waals surface area contributed by atoms with E-state index in [2.05, 4.69) is 18.2 Å². The summed E-state index contributed by atoms with van der Waals surface area (Å²) in [6.07, 6.45) is 4.45. The van der Waals surface area contributed by atoms with E-state index in [-0.39, 0.29) is 11.7 Å². The summed E-state index contributed by atoms with van der Waals surface area (Å²) in [7, 11) is 0. The molecule has 0 spiro atoms. The molecule has 4 heteroatoms. The Morgan fingerprint density at radius 3 is 2.11 bits per heavy atom. The highest BCUT2D eigenvalue weighted by Gasteiger charge is 2.46. The van der Waals surface area contributed by atoms with Crippen LogP contribution in [0, 0.1) is 45.3 Å². The van der Waals surface area contributed by atoms with Crippen LogP contribution in [0.5, 0.6) is 0 Å². The van der Waals surface area contributed by atoms with Gasteiger partial charge in [-0.15, -0.1) is 0 Å². The number of nitrogens with zero attached hydrogens (tertiary/aromatic N) is 3. The number of nitriles is 3. The van der Waals surface area contributed by atoms with Gasteiger partial charge < -0.3 is 0 Å². The van der Waals surface area contributed by atoms with Crippen LogP contribution in [0.1, 0.15) is 51.4 Å². The highest BCUT2D eigenvalue weighted by Crippen LogP contribution is 2.46. The largest absolute Gasteiger partial charge is 0.299 e. The van der Waals surface area contributed by atoms with Gasteiger partial charge in [0.25, 0.3) is 0 Å². The van der Waals surface area contributed by atoms with E-state index in [0.717, 1.165) is 12.8 Å². The molecule has 0 aromatic carbocycles. The topological polar surface area (TPSA) is 88.4 Å². The Hall–Kier alpha value is -1.86. The predicted molar refractivity (Wildman–Crippen MR) is 64.7 cm³/mol. The lowest BCUT2D eigenvalue weighted by atomic mass is 9.76. The van der Waals surface area contributed by atoms with Gasteiger partial charge in [0, 0.05) is 30.6 Å². The molecule has 0 heterocycles. The van der Waals surface area contributed by atoms with E-state index < -0.39 is 5.41 Å². The third-order valence-corrected chi connectivity index (χ3v) is 3.90. The van der Waals surface area contributed by atoms with Crippen molar-refractivity contribution in [2.75, 3.05) is 0 Å². The number of carbonyl (C=O) groups excluding carboxylic acids is 1. The van der Waals surface area contributed by atoms with Crippen LogP contribution in [0.15, 0.2) is 0 Å². The number of hydrogen-bond donors (Lipinski definition) is 0. The summed E-state index contributed by atoms with van der Waals surface area (Å²) >= 11 is 0. The first kappa shape index (κ1) is 14.2. The number of carbonyl (C=O) groups is 1. The molecule has 0 saturated heterocycles. The summed E-state index contributed by atoms with van der Waals surface area (Å²) in [6.45, 7) is 0. The molecule has 0 aliphatic heterocycles. The quantitative estimate of drug-likeness (QED) is 0.717. The zero-order valence-electron chi connectivity index (χ0n) is 10.5. The first-order valence-electron chi connectivity index (χ1n) is 6.35. The third kappa shape index (κ3) is 3.08. The molecule has 0 radical (unpaired) electrons. The maximum Gasteiger partial charge on any atom is 0.142 e. The molecule has 1 aliphatic rings. The molecular weight excluding hydrogens is 226 g/mol. The molecule has 1 fully saturated rings. The molecule has 0 aromatic heterocycles. The first-order valence-corrected chi connectivity index (χ1v) is 6.35. The molecule has 1 unspecified atom stereocenters. The first-order chi connectivity index (χ1) is 8.70. The maximum absolute atomic E-state index is 12.4. The normalized spacial score (nSPS) is 20.9. The van der Waals surface area contributed by atoms with Crippen molar-refractivity contribution in [3.8, 4) is 18.2 Å². The van der Waals surface area contributed by atoms with Gasteiger partial charge in [-0.25, -0.2) is 0 Å². The van der Waals surface area contributed by atoms with Crippen LogP contribution >= 0.6 is 0 Å². The minimum Gasteiger partial charge on any atom is -0.299 e. The summed E-state index contributed by atoms with van der Waals surface area (Å²) in [4.78, 5) is 12.4. The Labute approximate surface area is 108 Å². The van der Waals surface area contributed by atoms with E-state index in [9.17, 15) is 4.79 Å². The highest BCUT2D eigenvalue weighted by molar-refractivity contribution is 5.89. The minimum atomic E-state index is -0.467. The minimum absolute atomic E-state index is 0.0398. The molecule has 0 aromatic rings. The Bertz CT molecular complexity index is 404. The lowest BCUT2D eigenvalue weighted by Crippen LogP contribution is -2.28. The van der Waals surface area contributed by atoms with Crippen molar-refractivity contribution in [2.24, 2.45) is 11.3 Å². The van der Waals surface area contributed by atoms with Crippen LogP contribution in [0.3, 0.4) is 0 Å². The second kappa shape index (κ2) is 6.77. The van der Waals surface area contributed by atoms with Crippen LogP contribution in [0.25, 0.3) is 0 Å². The average Bonchev–Trinajstić information content (AvgIpc) is 2.70. The van der Waals surface area contributed by atoms with Crippen molar-refractivity contribution >= 4 is 5.78 Å². The number of rotatable bonds is 6. The molecule has 1 aliphatic carbocycles. The van der Waals surface area contributed by atoms with E-state index in [1.807, 2.05) is 0 Å². The van der Waals surface area contributed by atoms with E-state index >= 15 is 0 Å². The molecule has 18 heavy (non-hydrogen) atoms. The summed E-state index contributed by atoms with van der Waals surface area (Å²) < 4.78 is 0. The lowest BCUT2D eigenvalue weighted by Gasteiger charge is -2.26. The van der Waals surface area contributed by atoms with Gasteiger partial charge in [0.1, 0.15) is 5.78 Å². The van der Waals surface area contributed by atoms with E-state index in [4.69, 9.17) is 15.8 Å². The van der Waals surface area contributed by atoms with Gasteiger partial charge in [-0.05, 0) is 32.1 Å². The van der Waals surface area contributed by atoms with Crippen molar-refractivity contribution < 1.29 is 4.79 Å². The number of hydrogen-bond acceptors (Lipinski definition) is 4. The van der Waals surface area contributed by atoms with Gasteiger partial charge in [-0.3, -0.25) is 4.79 Å². The van der Waals surface area contributed by atoms with Gasteiger partial charge in [-0.1, -0.05) is 0 Å². The molecule has 0 amide bonds. The highest BCUT2D eigenvalue weighted by atomic mass is 16.1. The van der Waals surface area contributed by atoms with E-state index in [0.29, 0.717) is 38.5 Å². The van der Waals surface area contributed by atoms with Crippen LogP contribution < -0.4 is 0 Å². The summed E-state index contributed by atoms with van der Waals surface area (Å²) in [6, 6.07) is 6.25. The Morgan fingerprint density at radius 2 is 1.61 bits per heavy atom. The maximum atomic E-state index is 12.4. The standard InChI is InChI=1S/C14H17N3O/c15-9-1-4-12-5-8-14(13(12)18,6-2-10-16)7-3-11-17/h12H,1-8H2. The van der Waals surface area contributed by atoms with Crippen LogP contribution in [-0.2, 0) is 4.79 Å². The van der Waals surface area contributed by atoms with Crippen molar-refractivity contribution in [2.45, 2.75) is 51.4 Å². The molecule has 94 valence electrons. The van der Waals surface area contributed by atoms with Crippen molar-refractivity contribution in [1.82, 2.24) is 0 Å². The van der Waals surface area contributed by atoms with Crippen molar-refractivity contribution in [3.63, 3.8) is 0 Å². The molecule has 1 rings (SSSR count). The Morgan fingerprint density at radius 1 is 1.06 bits per heavy atom. The Kier molecular flexibility index (Phi) is 5.34. The fourth-order valence-electron chi connectivity index (χ4n) is 2.86. The second-order valence-electron chi connectivity index (χ2n) is 4.89. The zero-order chi connectivity index (χ0) is 13.4. The number of ketones is 1. The number of Topliss-reactive ketones (excluding diaryl/α,β-unsaturated/α-hetero) is 1. The lowest BCUT2D eigenvalue weighted by molar-refractivity contribution is -0.129. The van der Waals surface area contributed by atoms with Crippen LogP contribution in [0.4, 0.5) is 0 Å². The van der Waals surface area contributed by atoms with Gasteiger partial charge in [0.05, 0.1) is 18.2 Å². The molecule has 0 N–H and O–H groups in total. The van der Waals surface area contributed by atoms with Gasteiger partial charge >= 0.3 is 0 Å². The molecule has 0 bridgehead atoms. The van der Waals surface area contributed by atoms with Crippen LogP contribution in [-0.4, -0.2) is 5.78 Å². The van der Waals surface area contributed by atoms with Crippen LogP contribution in [0.2, 0.25) is 0 Å². The van der Waals surface area contributed by atoms with Gasteiger partial charge in [0.2, 0.25) is 0 Å². The SMILES string of the molecule is N#CCCC1CCC(CCC#N)(CCC#N)C1=O. The molecular formula is C14H17N3O. The van der Waals surface area contributed by atoms with Gasteiger partial charge in [-0.2, -0.15) is 15.8 Å². The van der Waals surface area contributed by atoms with E-state index in [1.165, 1.54) is 0 Å². The monoisotopic (exact) mass is 243 g/mol. The summed E-state index contributed by atoms with van der Waals surface area (Å²) in [5.41, 5.74) is -0.467. The molecule has 1 saturated carbocycles. The Balaban J connectivity index is 2.73. The van der Waals surface area contributed by atoms with Crippen molar-refractivity contribution in [3.05, 3.63) is 0 Å². The van der Waals surface area contributed by atoms with Crippen molar-refractivity contribution in [1.29, 1.82) is 15.8 Å². The zero-order valence-corrected chi connectivity index (χ0v) is 10.5. The summed E-state index contributed by atoms with van der Waals surface area (Å²) in [5, 5.41) is 26.0. The molecule has 4 nitrogen and oxygen atoms in total.